The molecular formula is C16H27NO5S. The van der Waals surface area contributed by atoms with Crippen molar-refractivity contribution < 1.29 is 23.1 Å². The Morgan fingerprint density at radius 1 is 1.17 bits per heavy atom. The van der Waals surface area contributed by atoms with Crippen molar-refractivity contribution in [2.75, 3.05) is 6.54 Å². The minimum atomic E-state index is -3.55. The topological polar surface area (TPSA) is 101 Å². The first-order valence-electron chi connectivity index (χ1n) is 8.44. The third-order valence-corrected chi connectivity index (χ3v) is 8.01. The molecule has 1 amide bonds. The standard InChI is InChI=1S/C16H27NO5S/c1-11(2)13(23(21,22)12-6-4-3-5-7-12)14(18)17-10-16(8-9-16)15(19)20/h11-13H,3-10H2,1-2H3,(H,17,18)(H,19,20). The van der Waals surface area contributed by atoms with Gasteiger partial charge in [-0.2, -0.15) is 0 Å². The molecule has 2 fully saturated rings. The third-order valence-electron chi connectivity index (χ3n) is 5.14. The van der Waals surface area contributed by atoms with Crippen LogP contribution in [0.1, 0.15) is 58.8 Å². The summed E-state index contributed by atoms with van der Waals surface area (Å²) in [7, 11) is -3.55. The van der Waals surface area contributed by atoms with E-state index >= 15 is 0 Å². The van der Waals surface area contributed by atoms with Crippen LogP contribution in [0.4, 0.5) is 0 Å². The van der Waals surface area contributed by atoms with Gasteiger partial charge in [-0.3, -0.25) is 9.59 Å². The van der Waals surface area contributed by atoms with Crippen LogP contribution < -0.4 is 5.32 Å². The number of nitrogens with one attached hydrogen (secondary N) is 1. The summed E-state index contributed by atoms with van der Waals surface area (Å²) in [6, 6.07) is 0. The normalized spacial score (nSPS) is 22.6. The molecule has 0 radical (unpaired) electrons. The van der Waals surface area contributed by atoms with Gasteiger partial charge < -0.3 is 10.4 Å². The highest BCUT2D eigenvalue weighted by molar-refractivity contribution is 7.93. The molecule has 0 aromatic heterocycles. The molecule has 2 rings (SSSR count). The van der Waals surface area contributed by atoms with Crippen molar-refractivity contribution >= 4 is 21.7 Å². The third kappa shape index (κ3) is 3.87. The molecule has 2 N–H and O–H groups in total. The number of carboxylic acid groups (broad SMARTS) is 1. The van der Waals surface area contributed by atoms with Crippen LogP contribution in [0.2, 0.25) is 0 Å². The van der Waals surface area contributed by atoms with Crippen molar-refractivity contribution in [2.45, 2.75) is 69.3 Å². The second kappa shape index (κ2) is 6.79. The second-order valence-electron chi connectivity index (χ2n) is 7.32. The Morgan fingerprint density at radius 3 is 2.17 bits per heavy atom. The Hall–Kier alpha value is -1.11. The number of sulfone groups is 1. The van der Waals surface area contributed by atoms with Crippen LogP contribution in [0.5, 0.6) is 0 Å². The molecule has 2 aliphatic carbocycles. The van der Waals surface area contributed by atoms with E-state index in [9.17, 15) is 18.0 Å². The highest BCUT2D eigenvalue weighted by atomic mass is 32.2. The molecule has 1 atom stereocenters. The van der Waals surface area contributed by atoms with Gasteiger partial charge in [0.05, 0.1) is 10.7 Å². The average molecular weight is 345 g/mol. The van der Waals surface area contributed by atoms with Crippen molar-refractivity contribution in [3.63, 3.8) is 0 Å². The number of rotatable bonds is 7. The van der Waals surface area contributed by atoms with Crippen LogP contribution in [0.15, 0.2) is 0 Å². The van der Waals surface area contributed by atoms with Crippen LogP contribution in [-0.4, -0.2) is 42.4 Å². The number of carboxylic acids is 1. The van der Waals surface area contributed by atoms with Gasteiger partial charge in [0.2, 0.25) is 5.91 Å². The summed E-state index contributed by atoms with van der Waals surface area (Å²) in [5, 5.41) is 10.2. The molecule has 0 aromatic rings. The molecule has 0 aliphatic heterocycles. The van der Waals surface area contributed by atoms with Crippen molar-refractivity contribution in [3.8, 4) is 0 Å². The zero-order chi connectivity index (χ0) is 17.3. The van der Waals surface area contributed by atoms with E-state index in [0.29, 0.717) is 25.7 Å². The van der Waals surface area contributed by atoms with Gasteiger partial charge in [-0.05, 0) is 31.6 Å². The Morgan fingerprint density at radius 2 is 1.74 bits per heavy atom. The molecule has 6 nitrogen and oxygen atoms in total. The SMILES string of the molecule is CC(C)C(C(=O)NCC1(C(=O)O)CC1)S(=O)(=O)C1CCCCC1. The fraction of sp³-hybridized carbons (Fsp3) is 0.875. The Kier molecular flexibility index (Phi) is 5.38. The summed E-state index contributed by atoms with van der Waals surface area (Å²) in [5.74, 6) is -1.80. The van der Waals surface area contributed by atoms with E-state index in [4.69, 9.17) is 5.11 Å². The zero-order valence-electron chi connectivity index (χ0n) is 13.9. The molecule has 2 aliphatic rings. The van der Waals surface area contributed by atoms with E-state index in [-0.39, 0.29) is 12.5 Å². The fourth-order valence-electron chi connectivity index (χ4n) is 3.41. The Balaban J connectivity index is 2.08. The summed E-state index contributed by atoms with van der Waals surface area (Å²) < 4.78 is 25.7. The summed E-state index contributed by atoms with van der Waals surface area (Å²) in [6.07, 6.45) is 5.13. The predicted octanol–water partition coefficient (Wildman–Crippen LogP) is 1.74. The zero-order valence-corrected chi connectivity index (χ0v) is 14.7. The minimum Gasteiger partial charge on any atom is -0.481 e. The lowest BCUT2D eigenvalue weighted by Crippen LogP contribution is -2.49. The van der Waals surface area contributed by atoms with E-state index < -0.39 is 37.6 Å². The van der Waals surface area contributed by atoms with E-state index in [2.05, 4.69) is 5.32 Å². The Bertz CT molecular complexity index is 559. The molecule has 0 spiro atoms. The van der Waals surface area contributed by atoms with Crippen molar-refractivity contribution in [1.29, 1.82) is 0 Å². The van der Waals surface area contributed by atoms with Gasteiger partial charge in [-0.25, -0.2) is 8.42 Å². The molecule has 0 heterocycles. The maximum atomic E-state index is 12.9. The smallest absolute Gasteiger partial charge is 0.311 e. The number of aliphatic carboxylic acids is 1. The summed E-state index contributed by atoms with van der Waals surface area (Å²) >= 11 is 0. The average Bonchev–Trinajstić information content (AvgIpc) is 3.27. The maximum Gasteiger partial charge on any atom is 0.311 e. The van der Waals surface area contributed by atoms with Gasteiger partial charge >= 0.3 is 5.97 Å². The molecule has 7 heteroatoms. The van der Waals surface area contributed by atoms with Gasteiger partial charge in [0, 0.05) is 6.54 Å². The first-order chi connectivity index (χ1) is 10.7. The van der Waals surface area contributed by atoms with Crippen molar-refractivity contribution in [1.82, 2.24) is 5.32 Å². The number of carbonyl (C=O) groups is 2. The fourth-order valence-corrected chi connectivity index (χ4v) is 5.95. The predicted molar refractivity (Wildman–Crippen MR) is 86.7 cm³/mol. The maximum absolute atomic E-state index is 12.9. The lowest BCUT2D eigenvalue weighted by molar-refractivity contribution is -0.143. The molecule has 132 valence electrons. The molecule has 0 bridgehead atoms. The summed E-state index contributed by atoms with van der Waals surface area (Å²) in [4.78, 5) is 23.7. The van der Waals surface area contributed by atoms with Gasteiger partial charge in [0.1, 0.15) is 5.25 Å². The molecular weight excluding hydrogens is 318 g/mol. The lowest BCUT2D eigenvalue weighted by atomic mass is 10.0. The second-order valence-corrected chi connectivity index (χ2v) is 9.67. The van der Waals surface area contributed by atoms with Gasteiger partial charge in [-0.1, -0.05) is 33.1 Å². The number of carbonyl (C=O) groups excluding carboxylic acids is 1. The monoisotopic (exact) mass is 345 g/mol. The number of hydrogen-bond donors (Lipinski definition) is 2. The lowest BCUT2D eigenvalue weighted by Gasteiger charge is -2.28. The highest BCUT2D eigenvalue weighted by Gasteiger charge is 2.51. The van der Waals surface area contributed by atoms with E-state index in [1.807, 2.05) is 0 Å². The largest absolute Gasteiger partial charge is 0.481 e. The van der Waals surface area contributed by atoms with Crippen LogP contribution in [-0.2, 0) is 19.4 Å². The van der Waals surface area contributed by atoms with Crippen molar-refractivity contribution in [2.24, 2.45) is 11.3 Å². The molecule has 23 heavy (non-hydrogen) atoms. The number of hydrogen-bond acceptors (Lipinski definition) is 4. The summed E-state index contributed by atoms with van der Waals surface area (Å²) in [5.41, 5.74) is -0.883. The van der Waals surface area contributed by atoms with Crippen LogP contribution >= 0.6 is 0 Å². The van der Waals surface area contributed by atoms with Gasteiger partial charge in [0.15, 0.2) is 9.84 Å². The minimum absolute atomic E-state index is 0.0184. The van der Waals surface area contributed by atoms with Gasteiger partial charge in [0.25, 0.3) is 0 Å². The molecule has 2 saturated carbocycles. The first-order valence-corrected chi connectivity index (χ1v) is 10.1. The highest BCUT2D eigenvalue weighted by Crippen LogP contribution is 2.45. The van der Waals surface area contributed by atoms with Crippen LogP contribution in [0.3, 0.4) is 0 Å². The molecule has 0 aromatic carbocycles. The van der Waals surface area contributed by atoms with E-state index in [1.165, 1.54) is 0 Å². The number of amides is 1. The molecule has 0 saturated heterocycles. The molecule has 1 unspecified atom stereocenters. The first kappa shape index (κ1) is 18.2. The quantitative estimate of drug-likeness (QED) is 0.732. The Labute approximate surface area is 137 Å². The van der Waals surface area contributed by atoms with Crippen molar-refractivity contribution in [3.05, 3.63) is 0 Å². The summed E-state index contributed by atoms with van der Waals surface area (Å²) in [6.45, 7) is 3.48. The van der Waals surface area contributed by atoms with Gasteiger partial charge in [-0.15, -0.1) is 0 Å². The van der Waals surface area contributed by atoms with Crippen LogP contribution in [0, 0.1) is 11.3 Å². The van der Waals surface area contributed by atoms with E-state index in [1.54, 1.807) is 13.8 Å². The van der Waals surface area contributed by atoms with E-state index in [0.717, 1.165) is 19.3 Å². The van der Waals surface area contributed by atoms with Crippen LogP contribution in [0.25, 0.3) is 0 Å².